The summed E-state index contributed by atoms with van der Waals surface area (Å²) < 4.78 is 0. The smallest absolute Gasteiger partial charge is 0.349 e. The van der Waals surface area contributed by atoms with Crippen LogP contribution in [0.15, 0.2) is 54.1 Å². The number of carbonyl (C=O) groups excluding carboxylic acids is 1. The first-order valence-electron chi connectivity index (χ1n) is 10.0. The van der Waals surface area contributed by atoms with Gasteiger partial charge in [0.25, 0.3) is 0 Å². The standard InChI is InChI=1S/C23H33NO3/c1-24(2)27-23(26)18-21-13-8-12-20(17-21)15-16-22(25)14-7-6-11-19-9-4-3-5-10-19/h3-5,9-10,15-16,18,20,22,25H,6-8,11-14,17H2,1-2H3/b16-15+,21-18-/t20-,22?/m1/s1. The van der Waals surface area contributed by atoms with Crippen LogP contribution in [-0.4, -0.2) is 36.3 Å². The van der Waals surface area contributed by atoms with E-state index in [0.29, 0.717) is 5.92 Å². The molecular formula is C23H33NO3. The SMILES string of the molecule is CN(C)OC(=O)/C=C1/CCC[C@H](/C=C/C(O)CCCCc2ccccc2)C1. The van der Waals surface area contributed by atoms with Crippen LogP contribution < -0.4 is 0 Å². The molecular weight excluding hydrogens is 338 g/mol. The van der Waals surface area contributed by atoms with Crippen molar-refractivity contribution in [3.05, 3.63) is 59.7 Å². The van der Waals surface area contributed by atoms with Gasteiger partial charge < -0.3 is 9.94 Å². The maximum absolute atomic E-state index is 11.7. The number of aryl methyl sites for hydroxylation is 1. The fourth-order valence-corrected chi connectivity index (χ4v) is 3.51. The van der Waals surface area contributed by atoms with E-state index in [4.69, 9.17) is 4.84 Å². The molecule has 0 aromatic heterocycles. The molecule has 1 aromatic rings. The van der Waals surface area contributed by atoms with Crippen LogP contribution in [0.4, 0.5) is 0 Å². The minimum absolute atomic E-state index is 0.307. The summed E-state index contributed by atoms with van der Waals surface area (Å²) in [7, 11) is 3.40. The van der Waals surface area contributed by atoms with E-state index < -0.39 is 0 Å². The number of hydrogen-bond acceptors (Lipinski definition) is 4. The van der Waals surface area contributed by atoms with Crippen LogP contribution in [0.3, 0.4) is 0 Å². The summed E-state index contributed by atoms with van der Waals surface area (Å²) in [6.07, 6.45) is 13.3. The van der Waals surface area contributed by atoms with E-state index in [2.05, 4.69) is 30.3 Å². The van der Waals surface area contributed by atoms with Crippen LogP contribution in [0, 0.1) is 5.92 Å². The lowest BCUT2D eigenvalue weighted by Crippen LogP contribution is -2.18. The van der Waals surface area contributed by atoms with Crippen molar-refractivity contribution in [2.75, 3.05) is 14.1 Å². The first-order valence-corrected chi connectivity index (χ1v) is 10.0. The number of rotatable bonds is 9. The molecule has 1 fully saturated rings. The van der Waals surface area contributed by atoms with Crippen LogP contribution in [-0.2, 0) is 16.1 Å². The van der Waals surface area contributed by atoms with Gasteiger partial charge in [0, 0.05) is 20.2 Å². The average molecular weight is 372 g/mol. The highest BCUT2D eigenvalue weighted by Crippen LogP contribution is 2.29. The second-order valence-electron chi connectivity index (χ2n) is 7.57. The number of benzene rings is 1. The fraction of sp³-hybridized carbons (Fsp3) is 0.522. The van der Waals surface area contributed by atoms with Crippen molar-refractivity contribution < 1.29 is 14.7 Å². The highest BCUT2D eigenvalue weighted by molar-refractivity contribution is 5.82. The quantitative estimate of drug-likeness (QED) is 0.301. The van der Waals surface area contributed by atoms with E-state index in [1.807, 2.05) is 12.1 Å². The van der Waals surface area contributed by atoms with Crippen LogP contribution in [0.2, 0.25) is 0 Å². The van der Waals surface area contributed by atoms with Crippen LogP contribution in [0.5, 0.6) is 0 Å². The second kappa shape index (κ2) is 11.7. The Morgan fingerprint density at radius 3 is 2.81 bits per heavy atom. The molecule has 0 radical (unpaired) electrons. The van der Waals surface area contributed by atoms with Crippen LogP contribution in [0.1, 0.15) is 50.5 Å². The Bertz CT molecular complexity index is 622. The number of aliphatic hydroxyl groups excluding tert-OH is 1. The predicted molar refractivity (Wildman–Crippen MR) is 109 cm³/mol. The van der Waals surface area contributed by atoms with Gasteiger partial charge in [-0.25, -0.2) is 4.79 Å². The molecule has 1 unspecified atom stereocenters. The first kappa shape index (κ1) is 21.4. The molecule has 1 saturated carbocycles. The van der Waals surface area contributed by atoms with Crippen molar-refractivity contribution in [3.8, 4) is 0 Å². The number of carbonyl (C=O) groups is 1. The number of allylic oxidation sites excluding steroid dienone is 2. The van der Waals surface area contributed by atoms with E-state index in [9.17, 15) is 9.90 Å². The molecule has 1 N–H and O–H groups in total. The molecule has 1 aliphatic carbocycles. The molecule has 0 aliphatic heterocycles. The normalized spacial score (nSPS) is 20.3. The van der Waals surface area contributed by atoms with Crippen molar-refractivity contribution in [2.24, 2.45) is 5.92 Å². The minimum atomic E-state index is -0.381. The van der Waals surface area contributed by atoms with Gasteiger partial charge in [-0.3, -0.25) is 0 Å². The number of nitrogens with zero attached hydrogens (tertiary/aromatic N) is 1. The molecule has 148 valence electrons. The molecule has 0 heterocycles. The summed E-state index contributed by atoms with van der Waals surface area (Å²) in [5.74, 6) is 0.0919. The van der Waals surface area contributed by atoms with Gasteiger partial charge in [-0.1, -0.05) is 54.5 Å². The van der Waals surface area contributed by atoms with Gasteiger partial charge in [0.2, 0.25) is 0 Å². The highest BCUT2D eigenvalue weighted by Gasteiger charge is 2.16. The fourth-order valence-electron chi connectivity index (χ4n) is 3.51. The van der Waals surface area contributed by atoms with Gasteiger partial charge in [-0.05, 0) is 56.4 Å². The van der Waals surface area contributed by atoms with E-state index in [-0.39, 0.29) is 12.1 Å². The number of hydrogen-bond donors (Lipinski definition) is 1. The third-order valence-electron chi connectivity index (χ3n) is 4.86. The van der Waals surface area contributed by atoms with Crippen molar-refractivity contribution in [2.45, 2.75) is 57.5 Å². The minimum Gasteiger partial charge on any atom is -0.389 e. The third-order valence-corrected chi connectivity index (χ3v) is 4.86. The Labute approximate surface area is 163 Å². The Kier molecular flexibility index (Phi) is 9.29. The van der Waals surface area contributed by atoms with Gasteiger partial charge in [0.05, 0.1) is 6.10 Å². The van der Waals surface area contributed by atoms with Crippen LogP contribution in [0.25, 0.3) is 0 Å². The summed E-state index contributed by atoms with van der Waals surface area (Å²) in [5, 5.41) is 11.6. The maximum atomic E-state index is 11.7. The molecule has 0 saturated heterocycles. The van der Waals surface area contributed by atoms with Gasteiger partial charge in [0.1, 0.15) is 0 Å². The zero-order valence-corrected chi connectivity index (χ0v) is 16.6. The third kappa shape index (κ3) is 9.03. The van der Waals surface area contributed by atoms with Gasteiger partial charge in [-0.15, -0.1) is 5.06 Å². The summed E-state index contributed by atoms with van der Waals surface area (Å²) in [6.45, 7) is 0. The predicted octanol–water partition coefficient (Wildman–Crippen LogP) is 4.45. The average Bonchev–Trinajstić information content (AvgIpc) is 2.64. The van der Waals surface area contributed by atoms with Gasteiger partial charge >= 0.3 is 5.97 Å². The second-order valence-corrected chi connectivity index (χ2v) is 7.57. The van der Waals surface area contributed by atoms with E-state index in [1.54, 1.807) is 20.2 Å². The monoisotopic (exact) mass is 371 g/mol. The molecule has 0 bridgehead atoms. The molecule has 2 rings (SSSR count). The van der Waals surface area contributed by atoms with Gasteiger partial charge in [-0.2, -0.15) is 0 Å². The molecule has 4 nitrogen and oxygen atoms in total. The molecule has 27 heavy (non-hydrogen) atoms. The Hall–Kier alpha value is -1.91. The molecule has 2 atom stereocenters. The zero-order chi connectivity index (χ0) is 19.5. The lowest BCUT2D eigenvalue weighted by atomic mass is 9.85. The largest absolute Gasteiger partial charge is 0.389 e. The Morgan fingerprint density at radius 1 is 1.30 bits per heavy atom. The summed E-state index contributed by atoms with van der Waals surface area (Å²) in [4.78, 5) is 16.8. The van der Waals surface area contributed by atoms with E-state index in [0.717, 1.165) is 56.9 Å². The Morgan fingerprint density at radius 2 is 2.07 bits per heavy atom. The molecule has 1 aromatic carbocycles. The maximum Gasteiger partial charge on any atom is 0.349 e. The number of hydroxylamine groups is 2. The van der Waals surface area contributed by atoms with Crippen molar-refractivity contribution >= 4 is 5.97 Å². The molecule has 0 spiro atoms. The van der Waals surface area contributed by atoms with Gasteiger partial charge in [0.15, 0.2) is 0 Å². The summed E-state index contributed by atoms with van der Waals surface area (Å²) in [6, 6.07) is 10.5. The first-order chi connectivity index (χ1) is 13.0. The van der Waals surface area contributed by atoms with Crippen molar-refractivity contribution in [1.82, 2.24) is 5.06 Å². The molecule has 4 heteroatoms. The number of unbranched alkanes of at least 4 members (excludes halogenated alkanes) is 1. The van der Waals surface area contributed by atoms with E-state index in [1.165, 1.54) is 10.6 Å². The molecule has 1 aliphatic rings. The topological polar surface area (TPSA) is 49.8 Å². The summed E-state index contributed by atoms with van der Waals surface area (Å²) >= 11 is 0. The lowest BCUT2D eigenvalue weighted by molar-refractivity contribution is -0.171. The lowest BCUT2D eigenvalue weighted by Gasteiger charge is -2.22. The zero-order valence-electron chi connectivity index (χ0n) is 16.6. The van der Waals surface area contributed by atoms with Crippen LogP contribution >= 0.6 is 0 Å². The molecule has 0 amide bonds. The van der Waals surface area contributed by atoms with Crippen molar-refractivity contribution in [3.63, 3.8) is 0 Å². The van der Waals surface area contributed by atoms with E-state index >= 15 is 0 Å². The number of aliphatic hydroxyl groups is 1. The highest BCUT2D eigenvalue weighted by atomic mass is 16.7. The Balaban J connectivity index is 1.69. The van der Waals surface area contributed by atoms with Crippen molar-refractivity contribution in [1.29, 1.82) is 0 Å². The summed E-state index contributed by atoms with van der Waals surface area (Å²) in [5.41, 5.74) is 2.50.